The minimum Gasteiger partial charge on any atom is -0.369 e. The lowest BCUT2D eigenvalue weighted by molar-refractivity contribution is 0.385. The van der Waals surface area contributed by atoms with Crippen LogP contribution in [0.25, 0.3) is 0 Å². The van der Waals surface area contributed by atoms with Crippen LogP contribution in [-0.4, -0.2) is 38.9 Å². The monoisotopic (exact) mass is 344 g/mol. The second kappa shape index (κ2) is 6.95. The maximum atomic E-state index is 12.7. The highest BCUT2D eigenvalue weighted by Gasteiger charge is 2.28. The van der Waals surface area contributed by atoms with E-state index in [-0.39, 0.29) is 0 Å². The Balaban J connectivity index is 1.67. The Morgan fingerprint density at radius 2 is 1.42 bits per heavy atom. The van der Waals surface area contributed by atoms with Crippen molar-refractivity contribution in [2.45, 2.75) is 24.7 Å². The molecule has 0 atom stereocenters. The van der Waals surface area contributed by atoms with Gasteiger partial charge in [-0.1, -0.05) is 44.2 Å². The third-order valence-electron chi connectivity index (χ3n) is 4.54. The summed E-state index contributed by atoms with van der Waals surface area (Å²) in [6.07, 6.45) is 0. The summed E-state index contributed by atoms with van der Waals surface area (Å²) in [5.41, 5.74) is 2.49. The van der Waals surface area contributed by atoms with Crippen LogP contribution in [0, 0.1) is 0 Å². The quantitative estimate of drug-likeness (QED) is 0.854. The first-order valence-electron chi connectivity index (χ1n) is 8.38. The molecule has 1 aliphatic rings. The van der Waals surface area contributed by atoms with Gasteiger partial charge in [0.1, 0.15) is 0 Å². The standard InChI is InChI=1S/C19H24N2O2S/c1-16(2)17-8-10-18(11-9-17)20-12-14-21(15-13-20)24(22,23)19-6-4-3-5-7-19/h3-11,16H,12-15H2,1-2H3. The number of hydrogen-bond donors (Lipinski definition) is 0. The molecular formula is C19H24N2O2S. The first-order valence-corrected chi connectivity index (χ1v) is 9.82. The van der Waals surface area contributed by atoms with Crippen molar-refractivity contribution >= 4 is 15.7 Å². The van der Waals surface area contributed by atoms with Gasteiger partial charge in [-0.25, -0.2) is 8.42 Å². The molecule has 2 aromatic carbocycles. The molecule has 1 aliphatic heterocycles. The van der Waals surface area contributed by atoms with Crippen molar-refractivity contribution in [3.05, 3.63) is 60.2 Å². The number of sulfonamides is 1. The maximum absolute atomic E-state index is 12.7. The van der Waals surface area contributed by atoms with Crippen molar-refractivity contribution in [1.29, 1.82) is 0 Å². The lowest BCUT2D eigenvalue weighted by Crippen LogP contribution is -2.48. The van der Waals surface area contributed by atoms with E-state index in [9.17, 15) is 8.42 Å². The van der Waals surface area contributed by atoms with E-state index in [1.807, 2.05) is 6.07 Å². The topological polar surface area (TPSA) is 40.6 Å². The highest BCUT2D eigenvalue weighted by molar-refractivity contribution is 7.89. The first-order chi connectivity index (χ1) is 11.5. The van der Waals surface area contributed by atoms with Gasteiger partial charge >= 0.3 is 0 Å². The predicted octanol–water partition coefficient (Wildman–Crippen LogP) is 3.32. The molecule has 0 aliphatic carbocycles. The number of benzene rings is 2. The van der Waals surface area contributed by atoms with Gasteiger partial charge in [0.2, 0.25) is 10.0 Å². The van der Waals surface area contributed by atoms with Crippen LogP contribution in [0.1, 0.15) is 25.3 Å². The van der Waals surface area contributed by atoms with E-state index in [2.05, 4.69) is 43.0 Å². The molecule has 1 saturated heterocycles. The van der Waals surface area contributed by atoms with Gasteiger partial charge in [-0.2, -0.15) is 4.31 Å². The average molecular weight is 344 g/mol. The second-order valence-corrected chi connectivity index (χ2v) is 8.39. The second-order valence-electron chi connectivity index (χ2n) is 6.45. The van der Waals surface area contributed by atoms with E-state index in [0.717, 1.165) is 5.69 Å². The van der Waals surface area contributed by atoms with Crippen molar-refractivity contribution < 1.29 is 8.42 Å². The van der Waals surface area contributed by atoms with E-state index in [1.54, 1.807) is 28.6 Å². The van der Waals surface area contributed by atoms with Gasteiger partial charge < -0.3 is 4.90 Å². The van der Waals surface area contributed by atoms with Crippen LogP contribution in [0.15, 0.2) is 59.5 Å². The van der Waals surface area contributed by atoms with Gasteiger partial charge in [-0.3, -0.25) is 0 Å². The zero-order valence-electron chi connectivity index (χ0n) is 14.2. The van der Waals surface area contributed by atoms with E-state index >= 15 is 0 Å². The molecule has 0 spiro atoms. The van der Waals surface area contributed by atoms with Crippen LogP contribution < -0.4 is 4.90 Å². The van der Waals surface area contributed by atoms with Crippen LogP contribution in [0.3, 0.4) is 0 Å². The van der Waals surface area contributed by atoms with E-state index < -0.39 is 10.0 Å². The van der Waals surface area contributed by atoms with Crippen LogP contribution in [-0.2, 0) is 10.0 Å². The fourth-order valence-corrected chi connectivity index (χ4v) is 4.44. The summed E-state index contributed by atoms with van der Waals surface area (Å²) in [6, 6.07) is 17.3. The predicted molar refractivity (Wildman–Crippen MR) is 97.9 cm³/mol. The van der Waals surface area contributed by atoms with Gasteiger partial charge in [0.15, 0.2) is 0 Å². The molecule has 2 aromatic rings. The van der Waals surface area contributed by atoms with E-state index in [4.69, 9.17) is 0 Å². The molecule has 24 heavy (non-hydrogen) atoms. The summed E-state index contributed by atoms with van der Waals surface area (Å²) in [4.78, 5) is 2.63. The molecule has 3 rings (SSSR count). The zero-order valence-corrected chi connectivity index (χ0v) is 15.0. The average Bonchev–Trinajstić information content (AvgIpc) is 2.62. The summed E-state index contributed by atoms with van der Waals surface area (Å²) in [5, 5.41) is 0. The fourth-order valence-electron chi connectivity index (χ4n) is 3.00. The van der Waals surface area contributed by atoms with Gasteiger partial charge in [0, 0.05) is 31.9 Å². The molecule has 0 radical (unpaired) electrons. The highest BCUT2D eigenvalue weighted by atomic mass is 32.2. The Labute approximate surface area is 144 Å². The SMILES string of the molecule is CC(C)c1ccc(N2CCN(S(=O)(=O)c3ccccc3)CC2)cc1. The van der Waals surface area contributed by atoms with Gasteiger partial charge in [-0.05, 0) is 35.7 Å². The van der Waals surface area contributed by atoms with Crippen molar-refractivity contribution in [1.82, 2.24) is 4.31 Å². The van der Waals surface area contributed by atoms with Crippen molar-refractivity contribution in [3.8, 4) is 0 Å². The summed E-state index contributed by atoms with van der Waals surface area (Å²) < 4.78 is 26.9. The Morgan fingerprint density at radius 3 is 1.96 bits per heavy atom. The van der Waals surface area contributed by atoms with Gasteiger partial charge in [-0.15, -0.1) is 0 Å². The Bertz CT molecular complexity index is 763. The molecule has 0 saturated carbocycles. The smallest absolute Gasteiger partial charge is 0.243 e. The Hall–Kier alpha value is -1.85. The lowest BCUT2D eigenvalue weighted by Gasteiger charge is -2.35. The van der Waals surface area contributed by atoms with Crippen LogP contribution in [0.2, 0.25) is 0 Å². The normalized spacial score (nSPS) is 16.5. The molecular weight excluding hydrogens is 320 g/mol. The third-order valence-corrected chi connectivity index (χ3v) is 6.46. The van der Waals surface area contributed by atoms with Crippen molar-refractivity contribution in [3.63, 3.8) is 0 Å². The van der Waals surface area contributed by atoms with Crippen LogP contribution in [0.4, 0.5) is 5.69 Å². The third kappa shape index (κ3) is 3.47. The largest absolute Gasteiger partial charge is 0.369 e. The number of rotatable bonds is 4. The lowest BCUT2D eigenvalue weighted by atomic mass is 10.0. The molecule has 5 heteroatoms. The van der Waals surface area contributed by atoms with E-state index in [1.165, 1.54) is 5.56 Å². The number of piperazine rings is 1. The minimum absolute atomic E-state index is 0.375. The number of anilines is 1. The highest BCUT2D eigenvalue weighted by Crippen LogP contribution is 2.23. The molecule has 0 unspecified atom stereocenters. The Kier molecular flexibility index (Phi) is 4.92. The van der Waals surface area contributed by atoms with Crippen molar-refractivity contribution in [2.75, 3.05) is 31.1 Å². The summed E-state index contributed by atoms with van der Waals surface area (Å²) in [5.74, 6) is 0.520. The van der Waals surface area contributed by atoms with Gasteiger partial charge in [0.25, 0.3) is 0 Å². The van der Waals surface area contributed by atoms with Crippen LogP contribution >= 0.6 is 0 Å². The van der Waals surface area contributed by atoms with Crippen LogP contribution in [0.5, 0.6) is 0 Å². The molecule has 0 bridgehead atoms. The molecule has 0 amide bonds. The minimum atomic E-state index is -3.38. The van der Waals surface area contributed by atoms with Crippen molar-refractivity contribution in [2.24, 2.45) is 0 Å². The van der Waals surface area contributed by atoms with Gasteiger partial charge in [0.05, 0.1) is 4.90 Å². The number of hydrogen-bond acceptors (Lipinski definition) is 3. The summed E-state index contributed by atoms with van der Waals surface area (Å²) in [7, 11) is -3.38. The molecule has 1 fully saturated rings. The molecule has 4 nitrogen and oxygen atoms in total. The molecule has 1 heterocycles. The number of nitrogens with zero attached hydrogens (tertiary/aromatic N) is 2. The fraction of sp³-hybridized carbons (Fsp3) is 0.368. The maximum Gasteiger partial charge on any atom is 0.243 e. The summed E-state index contributed by atoms with van der Waals surface area (Å²) >= 11 is 0. The molecule has 0 aromatic heterocycles. The summed E-state index contributed by atoms with van der Waals surface area (Å²) in [6.45, 7) is 6.83. The van der Waals surface area contributed by atoms with E-state index in [0.29, 0.717) is 37.0 Å². The molecule has 128 valence electrons. The molecule has 0 N–H and O–H groups in total. The zero-order chi connectivity index (χ0) is 17.2. The first kappa shape index (κ1) is 17.0. The Morgan fingerprint density at radius 1 is 0.833 bits per heavy atom.